The molecule has 7 heteroatoms. The van der Waals surface area contributed by atoms with Gasteiger partial charge in [0.15, 0.2) is 0 Å². The molecule has 0 unspecified atom stereocenters. The van der Waals surface area contributed by atoms with Gasteiger partial charge in [0, 0.05) is 21.1 Å². The smallest absolute Gasteiger partial charge is 0.458 e. The summed E-state index contributed by atoms with van der Waals surface area (Å²) in [6, 6.07) is 15.8. The fourth-order valence-corrected chi connectivity index (χ4v) is 4.24. The Bertz CT molecular complexity index is 1490. The van der Waals surface area contributed by atoms with Crippen LogP contribution in [0, 0.1) is 35.3 Å². The van der Waals surface area contributed by atoms with Crippen molar-refractivity contribution in [1.82, 2.24) is 0 Å². The average Bonchev–Trinajstić information content (AvgIpc) is 3.21. The summed E-state index contributed by atoms with van der Waals surface area (Å²) in [5.74, 6) is 7.33. The van der Waals surface area contributed by atoms with E-state index in [0.717, 1.165) is 38.8 Å². The SMILES string of the molecule is CCOc1ccc2cc(-c3ccc(C#Cc4ccc(C#CC(F)(F)F)c(F)c4)c(F)c3)sc2c1. The topological polar surface area (TPSA) is 9.23 Å². The van der Waals surface area contributed by atoms with Gasteiger partial charge in [-0.15, -0.1) is 11.3 Å². The van der Waals surface area contributed by atoms with E-state index in [1.807, 2.05) is 31.2 Å². The van der Waals surface area contributed by atoms with Crippen LogP contribution < -0.4 is 4.74 Å². The lowest BCUT2D eigenvalue weighted by atomic mass is 10.1. The summed E-state index contributed by atoms with van der Waals surface area (Å²) >= 11 is 1.52. The number of hydrogen-bond donors (Lipinski definition) is 0. The standard InChI is InChI=1S/C27H15F5OS/c1-2-33-22-10-9-21-15-25(34-26(21)16-22)20-8-7-18(24(29)14-20)5-3-17-4-6-19(23(28)13-17)11-12-27(30,31)32/h4,6-10,13-16H,2H2,1H3. The molecule has 3 aromatic carbocycles. The third kappa shape index (κ3) is 5.57. The van der Waals surface area contributed by atoms with Gasteiger partial charge in [0.25, 0.3) is 0 Å². The molecule has 0 N–H and O–H groups in total. The highest BCUT2D eigenvalue weighted by molar-refractivity contribution is 7.22. The molecule has 0 bridgehead atoms. The summed E-state index contributed by atoms with van der Waals surface area (Å²) in [4.78, 5) is 0.889. The molecular weight excluding hydrogens is 467 g/mol. The summed E-state index contributed by atoms with van der Waals surface area (Å²) in [6.07, 6.45) is -4.71. The second-order valence-corrected chi connectivity index (χ2v) is 8.21. The van der Waals surface area contributed by atoms with Gasteiger partial charge in [-0.05, 0) is 72.5 Å². The number of fused-ring (bicyclic) bond motifs is 1. The van der Waals surface area contributed by atoms with Crippen molar-refractivity contribution in [1.29, 1.82) is 0 Å². The van der Waals surface area contributed by atoms with Crippen molar-refractivity contribution in [3.05, 3.63) is 89.0 Å². The predicted molar refractivity (Wildman–Crippen MR) is 124 cm³/mol. The van der Waals surface area contributed by atoms with Gasteiger partial charge in [-0.1, -0.05) is 23.8 Å². The molecule has 0 radical (unpaired) electrons. The van der Waals surface area contributed by atoms with Crippen LogP contribution in [0.1, 0.15) is 23.6 Å². The number of ether oxygens (including phenoxy) is 1. The van der Waals surface area contributed by atoms with E-state index in [-0.39, 0.29) is 11.1 Å². The van der Waals surface area contributed by atoms with Gasteiger partial charge in [-0.2, -0.15) is 13.2 Å². The molecule has 0 spiro atoms. The van der Waals surface area contributed by atoms with Gasteiger partial charge in [0.2, 0.25) is 0 Å². The number of rotatable bonds is 3. The van der Waals surface area contributed by atoms with E-state index >= 15 is 0 Å². The van der Waals surface area contributed by atoms with Gasteiger partial charge < -0.3 is 4.74 Å². The van der Waals surface area contributed by atoms with Crippen LogP contribution in [-0.2, 0) is 0 Å². The highest BCUT2D eigenvalue weighted by Gasteiger charge is 2.23. The third-order valence-corrected chi connectivity index (χ3v) is 5.85. The molecule has 0 fully saturated rings. The third-order valence-electron chi connectivity index (χ3n) is 4.71. The molecule has 0 saturated carbocycles. The quantitative estimate of drug-likeness (QED) is 0.216. The van der Waals surface area contributed by atoms with Crippen LogP contribution in [-0.4, -0.2) is 12.8 Å². The molecule has 1 nitrogen and oxygen atoms in total. The Kier molecular flexibility index (Phi) is 6.58. The van der Waals surface area contributed by atoms with Crippen LogP contribution in [0.2, 0.25) is 0 Å². The summed E-state index contributed by atoms with van der Waals surface area (Å²) in [5, 5.41) is 1.03. The first-order valence-corrected chi connectivity index (χ1v) is 10.9. The van der Waals surface area contributed by atoms with Crippen LogP contribution in [0.4, 0.5) is 22.0 Å². The Morgan fingerprint density at radius 2 is 1.56 bits per heavy atom. The van der Waals surface area contributed by atoms with E-state index in [9.17, 15) is 22.0 Å². The average molecular weight is 482 g/mol. The van der Waals surface area contributed by atoms with Gasteiger partial charge >= 0.3 is 6.18 Å². The Morgan fingerprint density at radius 3 is 2.26 bits per heavy atom. The van der Waals surface area contributed by atoms with Gasteiger partial charge in [0.1, 0.15) is 17.4 Å². The molecule has 4 aromatic rings. The van der Waals surface area contributed by atoms with Crippen LogP contribution in [0.15, 0.2) is 60.7 Å². The minimum Gasteiger partial charge on any atom is -0.494 e. The molecule has 4 rings (SSSR count). The first-order valence-electron chi connectivity index (χ1n) is 10.1. The number of halogens is 5. The highest BCUT2D eigenvalue weighted by Crippen LogP contribution is 2.36. The molecule has 0 saturated heterocycles. The summed E-state index contributed by atoms with van der Waals surface area (Å²) < 4.78 is 71.8. The summed E-state index contributed by atoms with van der Waals surface area (Å²) in [6.45, 7) is 2.48. The van der Waals surface area contributed by atoms with Crippen molar-refractivity contribution >= 4 is 21.4 Å². The second kappa shape index (κ2) is 9.59. The number of hydrogen-bond acceptors (Lipinski definition) is 2. The predicted octanol–water partition coefficient (Wildman–Crippen LogP) is 7.56. The number of benzene rings is 3. The minimum atomic E-state index is -4.71. The molecule has 1 heterocycles. The molecule has 0 aliphatic heterocycles. The molecule has 1 aromatic heterocycles. The Balaban J connectivity index is 1.56. The zero-order valence-corrected chi connectivity index (χ0v) is 18.5. The lowest BCUT2D eigenvalue weighted by molar-refractivity contribution is -0.0696. The Labute approximate surface area is 196 Å². The van der Waals surface area contributed by atoms with Crippen LogP contribution in [0.5, 0.6) is 5.75 Å². The van der Waals surface area contributed by atoms with Crippen molar-refractivity contribution in [3.8, 4) is 39.9 Å². The van der Waals surface area contributed by atoms with E-state index in [1.165, 1.54) is 29.5 Å². The molecule has 0 aliphatic rings. The highest BCUT2D eigenvalue weighted by atomic mass is 32.1. The lowest BCUT2D eigenvalue weighted by Gasteiger charge is -2.01. The van der Waals surface area contributed by atoms with E-state index < -0.39 is 23.4 Å². The first kappa shape index (κ1) is 23.4. The number of alkyl halides is 3. The van der Waals surface area contributed by atoms with E-state index in [2.05, 4.69) is 11.8 Å². The normalized spacial score (nSPS) is 10.9. The Morgan fingerprint density at radius 1 is 0.824 bits per heavy atom. The monoisotopic (exact) mass is 482 g/mol. The minimum absolute atomic E-state index is 0.116. The molecule has 170 valence electrons. The number of thiophene rings is 1. The van der Waals surface area contributed by atoms with Gasteiger partial charge in [0.05, 0.1) is 17.7 Å². The van der Waals surface area contributed by atoms with Crippen molar-refractivity contribution in [2.24, 2.45) is 0 Å². The second-order valence-electron chi connectivity index (χ2n) is 7.13. The van der Waals surface area contributed by atoms with E-state index in [4.69, 9.17) is 4.74 Å². The fraction of sp³-hybridized carbons (Fsp3) is 0.111. The lowest BCUT2D eigenvalue weighted by Crippen LogP contribution is -2.01. The van der Waals surface area contributed by atoms with Crippen LogP contribution in [0.25, 0.3) is 20.5 Å². The maximum Gasteiger partial charge on any atom is 0.458 e. The van der Waals surface area contributed by atoms with E-state index in [0.29, 0.717) is 12.2 Å². The largest absolute Gasteiger partial charge is 0.494 e. The van der Waals surface area contributed by atoms with Crippen LogP contribution >= 0.6 is 11.3 Å². The van der Waals surface area contributed by atoms with Crippen molar-refractivity contribution < 1.29 is 26.7 Å². The van der Waals surface area contributed by atoms with Crippen LogP contribution in [0.3, 0.4) is 0 Å². The van der Waals surface area contributed by atoms with Crippen molar-refractivity contribution in [3.63, 3.8) is 0 Å². The van der Waals surface area contributed by atoms with Gasteiger partial charge in [-0.25, -0.2) is 8.78 Å². The Hall–Kier alpha value is -3.81. The first-order chi connectivity index (χ1) is 16.2. The maximum atomic E-state index is 14.7. The molecule has 0 amide bonds. The van der Waals surface area contributed by atoms with Gasteiger partial charge in [-0.3, -0.25) is 0 Å². The molecule has 0 aliphatic carbocycles. The van der Waals surface area contributed by atoms with Crippen molar-refractivity contribution in [2.45, 2.75) is 13.1 Å². The van der Waals surface area contributed by atoms with E-state index in [1.54, 1.807) is 12.0 Å². The molecular formula is C27H15F5OS. The molecule has 34 heavy (non-hydrogen) atoms. The zero-order chi connectivity index (χ0) is 24.3. The van der Waals surface area contributed by atoms with Crippen molar-refractivity contribution in [2.75, 3.05) is 6.61 Å². The summed E-state index contributed by atoms with van der Waals surface area (Å²) in [7, 11) is 0. The zero-order valence-electron chi connectivity index (χ0n) is 17.7. The molecule has 0 atom stereocenters. The summed E-state index contributed by atoms with van der Waals surface area (Å²) in [5.41, 5.74) is 0.606. The maximum absolute atomic E-state index is 14.7. The fourth-order valence-electron chi connectivity index (χ4n) is 3.15.